The highest BCUT2D eigenvalue weighted by atomic mass is 16.1. The van der Waals surface area contributed by atoms with Crippen LogP contribution < -0.4 is 10.6 Å². The number of anilines is 1. The van der Waals surface area contributed by atoms with E-state index in [4.69, 9.17) is 0 Å². The standard InChI is InChI=1S/C16H27N3O/c1-12(2)19(13(3)4)11-10-18-16(20)14-6-8-15(17-5)9-7-14/h6-9,12-13,17H,10-11H2,1-5H3,(H,18,20). The third-order valence-corrected chi connectivity index (χ3v) is 3.42. The highest BCUT2D eigenvalue weighted by molar-refractivity contribution is 5.94. The normalized spacial score (nSPS) is 11.2. The number of nitrogens with one attached hydrogen (secondary N) is 2. The Morgan fingerprint density at radius 1 is 1.10 bits per heavy atom. The summed E-state index contributed by atoms with van der Waals surface area (Å²) in [5.41, 5.74) is 1.71. The zero-order valence-corrected chi connectivity index (χ0v) is 13.2. The summed E-state index contributed by atoms with van der Waals surface area (Å²) in [4.78, 5) is 14.4. The van der Waals surface area contributed by atoms with E-state index in [1.807, 2.05) is 31.3 Å². The number of nitrogens with zero attached hydrogens (tertiary/aromatic N) is 1. The second-order valence-corrected chi connectivity index (χ2v) is 5.51. The van der Waals surface area contributed by atoms with Crippen LogP contribution in [0.15, 0.2) is 24.3 Å². The molecule has 4 nitrogen and oxygen atoms in total. The molecule has 1 rings (SSSR count). The quantitative estimate of drug-likeness (QED) is 0.805. The van der Waals surface area contributed by atoms with Crippen LogP contribution in [0.3, 0.4) is 0 Å². The van der Waals surface area contributed by atoms with E-state index in [1.54, 1.807) is 0 Å². The van der Waals surface area contributed by atoms with E-state index < -0.39 is 0 Å². The number of benzene rings is 1. The molecular weight excluding hydrogens is 250 g/mol. The average molecular weight is 277 g/mol. The van der Waals surface area contributed by atoms with Crippen LogP contribution in [0.4, 0.5) is 5.69 Å². The Labute approximate surface area is 122 Å². The molecule has 1 amide bonds. The summed E-state index contributed by atoms with van der Waals surface area (Å²) in [6.07, 6.45) is 0. The largest absolute Gasteiger partial charge is 0.388 e. The number of hydrogen-bond donors (Lipinski definition) is 2. The van der Waals surface area contributed by atoms with Gasteiger partial charge in [0.15, 0.2) is 0 Å². The van der Waals surface area contributed by atoms with Crippen LogP contribution in [0.5, 0.6) is 0 Å². The summed E-state index contributed by atoms with van der Waals surface area (Å²) in [6, 6.07) is 8.46. The lowest BCUT2D eigenvalue weighted by Crippen LogP contribution is -2.42. The second-order valence-electron chi connectivity index (χ2n) is 5.51. The van der Waals surface area contributed by atoms with Crippen LogP contribution in [0.2, 0.25) is 0 Å². The summed E-state index contributed by atoms with van der Waals surface area (Å²) < 4.78 is 0. The van der Waals surface area contributed by atoms with Gasteiger partial charge in [-0.15, -0.1) is 0 Å². The number of rotatable bonds is 7. The van der Waals surface area contributed by atoms with E-state index >= 15 is 0 Å². The van der Waals surface area contributed by atoms with Crippen molar-refractivity contribution in [3.05, 3.63) is 29.8 Å². The molecule has 0 aromatic heterocycles. The minimum atomic E-state index is -0.0138. The predicted octanol–water partition coefficient (Wildman–Crippen LogP) is 2.58. The van der Waals surface area contributed by atoms with Crippen LogP contribution >= 0.6 is 0 Å². The van der Waals surface area contributed by atoms with Crippen molar-refractivity contribution in [3.63, 3.8) is 0 Å². The maximum atomic E-state index is 12.0. The molecule has 1 aromatic carbocycles. The van der Waals surface area contributed by atoms with E-state index in [0.717, 1.165) is 12.2 Å². The summed E-state index contributed by atoms with van der Waals surface area (Å²) in [5, 5.41) is 6.01. The van der Waals surface area contributed by atoms with Gasteiger partial charge in [0.1, 0.15) is 0 Å². The minimum Gasteiger partial charge on any atom is -0.388 e. The first-order valence-corrected chi connectivity index (χ1v) is 7.27. The molecule has 0 saturated heterocycles. The van der Waals surface area contributed by atoms with E-state index in [9.17, 15) is 4.79 Å². The van der Waals surface area contributed by atoms with E-state index in [-0.39, 0.29) is 5.91 Å². The molecule has 0 fully saturated rings. The monoisotopic (exact) mass is 277 g/mol. The van der Waals surface area contributed by atoms with Gasteiger partial charge in [-0.25, -0.2) is 0 Å². The molecule has 0 spiro atoms. The zero-order chi connectivity index (χ0) is 15.1. The van der Waals surface area contributed by atoms with Crippen molar-refractivity contribution < 1.29 is 4.79 Å². The van der Waals surface area contributed by atoms with Crippen molar-refractivity contribution in [2.75, 3.05) is 25.5 Å². The molecule has 0 radical (unpaired) electrons. The molecule has 0 heterocycles. The van der Waals surface area contributed by atoms with Gasteiger partial charge in [-0.05, 0) is 52.0 Å². The minimum absolute atomic E-state index is 0.0138. The van der Waals surface area contributed by atoms with Crippen LogP contribution in [-0.2, 0) is 0 Å². The van der Waals surface area contributed by atoms with Gasteiger partial charge in [-0.2, -0.15) is 0 Å². The van der Waals surface area contributed by atoms with Crippen molar-refractivity contribution in [3.8, 4) is 0 Å². The van der Waals surface area contributed by atoms with Crippen LogP contribution in [0.1, 0.15) is 38.1 Å². The van der Waals surface area contributed by atoms with E-state index in [0.29, 0.717) is 24.2 Å². The van der Waals surface area contributed by atoms with Crippen molar-refractivity contribution in [2.45, 2.75) is 39.8 Å². The second kappa shape index (κ2) is 7.90. The Balaban J connectivity index is 2.46. The molecule has 20 heavy (non-hydrogen) atoms. The third kappa shape index (κ3) is 4.85. The van der Waals surface area contributed by atoms with Gasteiger partial charge >= 0.3 is 0 Å². The first-order valence-electron chi connectivity index (χ1n) is 7.27. The number of amides is 1. The number of carbonyl (C=O) groups is 1. The van der Waals surface area contributed by atoms with Crippen molar-refractivity contribution in [2.24, 2.45) is 0 Å². The van der Waals surface area contributed by atoms with Crippen molar-refractivity contribution in [1.29, 1.82) is 0 Å². The van der Waals surface area contributed by atoms with Crippen LogP contribution in [0.25, 0.3) is 0 Å². The Morgan fingerprint density at radius 3 is 2.10 bits per heavy atom. The molecule has 0 unspecified atom stereocenters. The maximum Gasteiger partial charge on any atom is 0.251 e. The van der Waals surface area contributed by atoms with Crippen molar-refractivity contribution >= 4 is 11.6 Å². The molecule has 112 valence electrons. The molecule has 0 aliphatic heterocycles. The Hall–Kier alpha value is -1.55. The lowest BCUT2D eigenvalue weighted by Gasteiger charge is -2.30. The highest BCUT2D eigenvalue weighted by Gasteiger charge is 2.13. The number of hydrogen-bond acceptors (Lipinski definition) is 3. The van der Waals surface area contributed by atoms with Gasteiger partial charge in [0.2, 0.25) is 0 Å². The van der Waals surface area contributed by atoms with Crippen LogP contribution in [0, 0.1) is 0 Å². The fraction of sp³-hybridized carbons (Fsp3) is 0.562. The van der Waals surface area contributed by atoms with Gasteiger partial charge in [-0.3, -0.25) is 9.69 Å². The third-order valence-electron chi connectivity index (χ3n) is 3.42. The molecule has 0 aliphatic carbocycles. The predicted molar refractivity (Wildman–Crippen MR) is 85.3 cm³/mol. The summed E-state index contributed by atoms with van der Waals surface area (Å²) in [6.45, 7) is 10.3. The Kier molecular flexibility index (Phi) is 6.52. The number of carbonyl (C=O) groups excluding carboxylic acids is 1. The SMILES string of the molecule is CNc1ccc(C(=O)NCCN(C(C)C)C(C)C)cc1. The molecular formula is C16H27N3O. The lowest BCUT2D eigenvalue weighted by atomic mass is 10.2. The zero-order valence-electron chi connectivity index (χ0n) is 13.2. The molecule has 0 aliphatic rings. The smallest absolute Gasteiger partial charge is 0.251 e. The van der Waals surface area contributed by atoms with Gasteiger partial charge in [0.25, 0.3) is 5.91 Å². The van der Waals surface area contributed by atoms with Gasteiger partial charge < -0.3 is 10.6 Å². The molecule has 1 aromatic rings. The van der Waals surface area contributed by atoms with Gasteiger partial charge in [0, 0.05) is 43.5 Å². The fourth-order valence-electron chi connectivity index (χ4n) is 2.30. The molecule has 4 heteroatoms. The summed E-state index contributed by atoms with van der Waals surface area (Å²) in [7, 11) is 1.86. The van der Waals surface area contributed by atoms with Gasteiger partial charge in [0.05, 0.1) is 0 Å². The molecule has 0 bridgehead atoms. The van der Waals surface area contributed by atoms with Crippen molar-refractivity contribution in [1.82, 2.24) is 10.2 Å². The molecule has 0 atom stereocenters. The van der Waals surface area contributed by atoms with Crippen LogP contribution in [-0.4, -0.2) is 43.0 Å². The summed E-state index contributed by atoms with van der Waals surface area (Å²) in [5.74, 6) is -0.0138. The Morgan fingerprint density at radius 2 is 1.65 bits per heavy atom. The highest BCUT2D eigenvalue weighted by Crippen LogP contribution is 2.08. The molecule has 0 saturated carbocycles. The topological polar surface area (TPSA) is 44.4 Å². The summed E-state index contributed by atoms with van der Waals surface area (Å²) >= 11 is 0. The Bertz CT molecular complexity index is 404. The first kappa shape index (κ1) is 16.5. The molecule has 2 N–H and O–H groups in total. The maximum absolute atomic E-state index is 12.0. The van der Waals surface area contributed by atoms with E-state index in [2.05, 4.69) is 43.2 Å². The average Bonchev–Trinajstić information content (AvgIpc) is 2.42. The van der Waals surface area contributed by atoms with Gasteiger partial charge in [-0.1, -0.05) is 0 Å². The lowest BCUT2D eigenvalue weighted by molar-refractivity contribution is 0.0939. The van der Waals surface area contributed by atoms with E-state index in [1.165, 1.54) is 0 Å². The first-order chi connectivity index (χ1) is 9.45. The fourth-order valence-corrected chi connectivity index (χ4v) is 2.30.